The number of nitrogens with one attached hydrogen (secondary N) is 1. The molecule has 0 aromatic rings. The molecule has 1 atom stereocenters. The van der Waals surface area contributed by atoms with Gasteiger partial charge in [-0.15, -0.1) is 0 Å². The minimum Gasteiger partial charge on any atom is -0.444 e. The lowest BCUT2D eigenvalue weighted by atomic mass is 10.1. The summed E-state index contributed by atoms with van der Waals surface area (Å²) in [5.74, 6) is 0. The molecule has 1 unspecified atom stereocenters. The van der Waals surface area contributed by atoms with E-state index in [1.165, 1.54) is 0 Å². The molecule has 1 aliphatic carbocycles. The van der Waals surface area contributed by atoms with Gasteiger partial charge in [0, 0.05) is 12.1 Å². The van der Waals surface area contributed by atoms with Gasteiger partial charge in [-0.2, -0.15) is 0 Å². The van der Waals surface area contributed by atoms with E-state index in [9.17, 15) is 4.79 Å². The molecule has 0 heterocycles. The molecule has 1 fully saturated rings. The zero-order valence-corrected chi connectivity index (χ0v) is 10.3. The topological polar surface area (TPSA) is 64.3 Å². The zero-order chi connectivity index (χ0) is 11.9. The van der Waals surface area contributed by atoms with E-state index in [1.807, 2.05) is 20.8 Å². The quantitative estimate of drug-likeness (QED) is 0.734. The summed E-state index contributed by atoms with van der Waals surface area (Å²) in [4.78, 5) is 11.4. The van der Waals surface area contributed by atoms with Crippen LogP contribution in [0.2, 0.25) is 0 Å². The van der Waals surface area contributed by atoms with Crippen LogP contribution in [-0.4, -0.2) is 23.8 Å². The van der Waals surface area contributed by atoms with E-state index < -0.39 is 11.7 Å². The van der Waals surface area contributed by atoms with Crippen molar-refractivity contribution in [2.24, 2.45) is 11.1 Å². The van der Waals surface area contributed by atoms with Gasteiger partial charge in [-0.1, -0.05) is 13.8 Å². The first kappa shape index (κ1) is 12.3. The number of hydrogen-bond donors (Lipinski definition) is 2. The van der Waals surface area contributed by atoms with Crippen molar-refractivity contribution in [1.82, 2.24) is 5.32 Å². The monoisotopic (exact) mass is 214 g/mol. The molecule has 0 aliphatic heterocycles. The molecule has 0 bridgehead atoms. The van der Waals surface area contributed by atoms with Crippen LogP contribution in [0.3, 0.4) is 0 Å². The van der Waals surface area contributed by atoms with E-state index in [1.54, 1.807) is 0 Å². The molecular formula is C11H22N2O2. The number of rotatable bonds is 2. The maximum Gasteiger partial charge on any atom is 0.407 e. The molecule has 0 saturated heterocycles. The van der Waals surface area contributed by atoms with E-state index in [-0.39, 0.29) is 11.0 Å². The number of nitrogens with two attached hydrogens (primary N) is 1. The lowest BCUT2D eigenvalue weighted by Gasteiger charge is -2.21. The molecule has 0 spiro atoms. The lowest BCUT2D eigenvalue weighted by Crippen LogP contribution is -2.44. The highest BCUT2D eigenvalue weighted by molar-refractivity contribution is 5.67. The minimum absolute atomic E-state index is 0.127. The number of hydrogen-bond acceptors (Lipinski definition) is 3. The van der Waals surface area contributed by atoms with Crippen LogP contribution in [0.1, 0.15) is 41.0 Å². The summed E-state index contributed by atoms with van der Waals surface area (Å²) < 4.78 is 5.12. The Morgan fingerprint density at radius 1 is 1.47 bits per heavy atom. The van der Waals surface area contributed by atoms with Crippen molar-refractivity contribution < 1.29 is 9.53 Å². The van der Waals surface area contributed by atoms with Crippen LogP contribution in [0, 0.1) is 5.41 Å². The van der Waals surface area contributed by atoms with Crippen LogP contribution in [0.15, 0.2) is 0 Å². The van der Waals surface area contributed by atoms with Gasteiger partial charge in [-0.3, -0.25) is 0 Å². The summed E-state index contributed by atoms with van der Waals surface area (Å²) in [5.41, 5.74) is 5.48. The number of alkyl carbamates (subject to hydrolysis) is 1. The van der Waals surface area contributed by atoms with E-state index in [2.05, 4.69) is 19.2 Å². The molecular weight excluding hydrogens is 192 g/mol. The van der Waals surface area contributed by atoms with Gasteiger partial charge in [0.15, 0.2) is 0 Å². The fraction of sp³-hybridized carbons (Fsp3) is 0.909. The SMILES string of the molecule is CC(C)(C)OC(=O)NCC1(N)CC1(C)C. The van der Waals surface area contributed by atoms with Gasteiger partial charge in [0.2, 0.25) is 0 Å². The smallest absolute Gasteiger partial charge is 0.407 e. The second-order valence-electron chi connectivity index (χ2n) is 6.07. The predicted molar refractivity (Wildman–Crippen MR) is 59.6 cm³/mol. The molecule has 4 nitrogen and oxygen atoms in total. The first-order valence-electron chi connectivity index (χ1n) is 5.32. The van der Waals surface area contributed by atoms with Crippen LogP contribution in [0.4, 0.5) is 4.79 Å². The highest BCUT2D eigenvalue weighted by Crippen LogP contribution is 2.53. The third-order valence-corrected chi connectivity index (χ3v) is 2.93. The van der Waals surface area contributed by atoms with Gasteiger partial charge < -0.3 is 15.8 Å². The fourth-order valence-electron chi connectivity index (χ4n) is 1.59. The summed E-state index contributed by atoms with van der Waals surface area (Å²) in [6, 6.07) is 0. The summed E-state index contributed by atoms with van der Waals surface area (Å²) >= 11 is 0. The van der Waals surface area contributed by atoms with Crippen molar-refractivity contribution in [3.05, 3.63) is 0 Å². The molecule has 0 radical (unpaired) electrons. The normalized spacial score (nSPS) is 28.4. The Hall–Kier alpha value is -0.770. The number of carbonyl (C=O) groups excluding carboxylic acids is 1. The Bertz CT molecular complexity index is 268. The third-order valence-electron chi connectivity index (χ3n) is 2.93. The van der Waals surface area contributed by atoms with Crippen molar-refractivity contribution in [3.8, 4) is 0 Å². The van der Waals surface area contributed by atoms with Crippen LogP contribution in [-0.2, 0) is 4.74 Å². The van der Waals surface area contributed by atoms with Crippen LogP contribution in [0.25, 0.3) is 0 Å². The van der Waals surface area contributed by atoms with E-state index in [0.717, 1.165) is 6.42 Å². The van der Waals surface area contributed by atoms with Crippen molar-refractivity contribution in [3.63, 3.8) is 0 Å². The summed E-state index contributed by atoms with van der Waals surface area (Å²) in [7, 11) is 0. The van der Waals surface area contributed by atoms with Gasteiger partial charge >= 0.3 is 6.09 Å². The Kier molecular flexibility index (Phi) is 2.76. The highest BCUT2D eigenvalue weighted by atomic mass is 16.6. The lowest BCUT2D eigenvalue weighted by molar-refractivity contribution is 0.0521. The Labute approximate surface area is 91.5 Å². The Morgan fingerprint density at radius 3 is 2.27 bits per heavy atom. The van der Waals surface area contributed by atoms with Crippen molar-refractivity contribution in [2.75, 3.05) is 6.54 Å². The first-order valence-corrected chi connectivity index (χ1v) is 5.32. The largest absolute Gasteiger partial charge is 0.444 e. The number of carbonyl (C=O) groups is 1. The number of amides is 1. The van der Waals surface area contributed by atoms with Crippen molar-refractivity contribution in [2.45, 2.75) is 52.2 Å². The molecule has 1 amide bonds. The molecule has 1 saturated carbocycles. The zero-order valence-electron chi connectivity index (χ0n) is 10.3. The fourth-order valence-corrected chi connectivity index (χ4v) is 1.59. The highest BCUT2D eigenvalue weighted by Gasteiger charge is 2.58. The van der Waals surface area contributed by atoms with Crippen LogP contribution in [0.5, 0.6) is 0 Å². The Balaban J connectivity index is 2.31. The van der Waals surface area contributed by atoms with Gasteiger partial charge in [0.25, 0.3) is 0 Å². The molecule has 4 heteroatoms. The average molecular weight is 214 g/mol. The molecule has 88 valence electrons. The average Bonchev–Trinajstić information content (AvgIpc) is 2.44. The molecule has 0 aromatic carbocycles. The summed E-state index contributed by atoms with van der Waals surface area (Å²) in [6.07, 6.45) is 0.547. The minimum atomic E-state index is -0.453. The Morgan fingerprint density at radius 2 is 1.93 bits per heavy atom. The summed E-state index contributed by atoms with van der Waals surface area (Å²) in [6.45, 7) is 10.2. The molecule has 1 rings (SSSR count). The molecule has 15 heavy (non-hydrogen) atoms. The van der Waals surface area contributed by atoms with Gasteiger partial charge in [0.05, 0.1) is 0 Å². The van der Waals surface area contributed by atoms with E-state index >= 15 is 0 Å². The maximum atomic E-state index is 11.4. The van der Waals surface area contributed by atoms with Crippen molar-refractivity contribution >= 4 is 6.09 Å². The maximum absolute atomic E-state index is 11.4. The predicted octanol–water partition coefficient (Wildman–Crippen LogP) is 1.64. The molecule has 0 aromatic heterocycles. The second kappa shape index (κ2) is 3.37. The van der Waals surface area contributed by atoms with Crippen LogP contribution >= 0.6 is 0 Å². The summed E-state index contributed by atoms with van der Waals surface area (Å²) in [5, 5.41) is 2.71. The van der Waals surface area contributed by atoms with Gasteiger partial charge in [-0.05, 0) is 32.6 Å². The third kappa shape index (κ3) is 3.09. The van der Waals surface area contributed by atoms with E-state index in [4.69, 9.17) is 10.5 Å². The second-order valence-corrected chi connectivity index (χ2v) is 6.07. The standard InChI is InChI=1S/C11H22N2O2/c1-9(2,3)15-8(14)13-7-11(12)6-10(11,4)5/h6-7,12H2,1-5H3,(H,13,14). The van der Waals surface area contributed by atoms with Crippen LogP contribution < -0.4 is 11.1 Å². The van der Waals surface area contributed by atoms with Crippen molar-refractivity contribution in [1.29, 1.82) is 0 Å². The number of ether oxygens (including phenoxy) is 1. The molecule has 3 N–H and O–H groups in total. The van der Waals surface area contributed by atoms with Gasteiger partial charge in [-0.25, -0.2) is 4.79 Å². The first-order chi connectivity index (χ1) is 6.56. The van der Waals surface area contributed by atoms with E-state index in [0.29, 0.717) is 6.54 Å². The van der Waals surface area contributed by atoms with Gasteiger partial charge in [0.1, 0.15) is 5.60 Å². The molecule has 1 aliphatic rings.